The lowest BCUT2D eigenvalue weighted by molar-refractivity contribution is 0.0641. The van der Waals surface area contributed by atoms with Gasteiger partial charge in [0.05, 0.1) is 11.8 Å². The Morgan fingerprint density at radius 3 is 3.16 bits per heavy atom. The Bertz CT molecular complexity index is 436. The van der Waals surface area contributed by atoms with E-state index >= 15 is 0 Å². The number of aromatic nitrogens is 1. The molecular weight excluding hydrogens is 244 g/mol. The second-order valence-corrected chi connectivity index (χ2v) is 4.97. The summed E-state index contributed by atoms with van der Waals surface area (Å²) in [5, 5.41) is 9.38. The van der Waals surface area contributed by atoms with Crippen LogP contribution in [0.1, 0.15) is 29.6 Å². The lowest BCUT2D eigenvalue weighted by atomic mass is 9.95. The molecule has 1 atom stereocenters. The van der Waals surface area contributed by atoms with E-state index in [4.69, 9.17) is 4.74 Å². The highest BCUT2D eigenvalue weighted by Crippen LogP contribution is 2.21. The zero-order chi connectivity index (χ0) is 13.7. The van der Waals surface area contributed by atoms with Crippen molar-refractivity contribution in [3.8, 4) is 5.75 Å². The van der Waals surface area contributed by atoms with Gasteiger partial charge in [0.15, 0.2) is 0 Å². The second kappa shape index (κ2) is 6.52. The number of hydrogen-bond acceptors (Lipinski definition) is 4. The van der Waals surface area contributed by atoms with Crippen LogP contribution in [0.2, 0.25) is 0 Å². The topological polar surface area (TPSA) is 62.7 Å². The summed E-state index contributed by atoms with van der Waals surface area (Å²) in [6, 6.07) is 1.47. The third-order valence-corrected chi connectivity index (χ3v) is 3.51. The lowest BCUT2D eigenvalue weighted by Crippen LogP contribution is -2.40. The molecule has 1 aromatic rings. The van der Waals surface area contributed by atoms with Crippen LogP contribution < -0.4 is 0 Å². The minimum Gasteiger partial charge on any atom is -0.506 e. The molecule has 0 aromatic carbocycles. The van der Waals surface area contributed by atoms with Crippen molar-refractivity contribution in [3.63, 3.8) is 0 Å². The number of rotatable bonds is 4. The number of nitrogens with zero attached hydrogens (tertiary/aromatic N) is 2. The SMILES string of the molecule is COCC[C@@H]1CCCN(C(=O)c2cncc(O)c2)C1. The van der Waals surface area contributed by atoms with Gasteiger partial charge in [-0.2, -0.15) is 0 Å². The van der Waals surface area contributed by atoms with E-state index in [1.54, 1.807) is 7.11 Å². The molecule has 0 radical (unpaired) electrons. The summed E-state index contributed by atoms with van der Waals surface area (Å²) in [5.41, 5.74) is 0.451. The Kier molecular flexibility index (Phi) is 4.74. The molecule has 2 rings (SSSR count). The molecule has 1 N–H and O–H groups in total. The smallest absolute Gasteiger partial charge is 0.255 e. The van der Waals surface area contributed by atoms with E-state index in [0.717, 1.165) is 39.0 Å². The average Bonchev–Trinajstić information content (AvgIpc) is 2.44. The number of aromatic hydroxyl groups is 1. The number of ether oxygens (including phenoxy) is 1. The van der Waals surface area contributed by atoms with Crippen molar-refractivity contribution in [2.24, 2.45) is 5.92 Å². The zero-order valence-electron chi connectivity index (χ0n) is 11.2. The molecule has 0 unspecified atom stereocenters. The summed E-state index contributed by atoms with van der Waals surface area (Å²) in [6.07, 6.45) is 5.98. The van der Waals surface area contributed by atoms with Crippen LogP contribution in [0.5, 0.6) is 5.75 Å². The van der Waals surface area contributed by atoms with Crippen LogP contribution in [0.4, 0.5) is 0 Å². The number of methoxy groups -OCH3 is 1. The molecule has 0 bridgehead atoms. The van der Waals surface area contributed by atoms with Crippen molar-refractivity contribution in [1.82, 2.24) is 9.88 Å². The number of hydrogen-bond donors (Lipinski definition) is 1. The normalized spacial score (nSPS) is 19.4. The van der Waals surface area contributed by atoms with E-state index in [9.17, 15) is 9.90 Å². The van der Waals surface area contributed by atoms with Crippen molar-refractivity contribution >= 4 is 5.91 Å². The van der Waals surface area contributed by atoms with Crippen molar-refractivity contribution in [2.45, 2.75) is 19.3 Å². The molecule has 19 heavy (non-hydrogen) atoms. The van der Waals surface area contributed by atoms with Gasteiger partial charge in [0.2, 0.25) is 0 Å². The molecule has 1 aliphatic rings. The molecular formula is C14H20N2O3. The maximum Gasteiger partial charge on any atom is 0.255 e. The van der Waals surface area contributed by atoms with Gasteiger partial charge in [-0.05, 0) is 31.2 Å². The van der Waals surface area contributed by atoms with Crippen molar-refractivity contribution in [2.75, 3.05) is 26.8 Å². The molecule has 0 aliphatic carbocycles. The number of piperidine rings is 1. The fourth-order valence-corrected chi connectivity index (χ4v) is 2.50. The molecule has 1 saturated heterocycles. The van der Waals surface area contributed by atoms with E-state index in [-0.39, 0.29) is 11.7 Å². The number of amides is 1. The maximum absolute atomic E-state index is 12.3. The van der Waals surface area contributed by atoms with Crippen molar-refractivity contribution in [1.29, 1.82) is 0 Å². The minimum absolute atomic E-state index is 0.0267. The Balaban J connectivity index is 1.99. The second-order valence-electron chi connectivity index (χ2n) is 4.97. The predicted octanol–water partition coefficient (Wildman–Crippen LogP) is 1.68. The van der Waals surface area contributed by atoms with Gasteiger partial charge >= 0.3 is 0 Å². The molecule has 1 fully saturated rings. The molecule has 104 valence electrons. The highest BCUT2D eigenvalue weighted by atomic mass is 16.5. The van der Waals surface area contributed by atoms with Crippen LogP contribution in [0.15, 0.2) is 18.5 Å². The largest absolute Gasteiger partial charge is 0.506 e. The molecule has 2 heterocycles. The fourth-order valence-electron chi connectivity index (χ4n) is 2.50. The van der Waals surface area contributed by atoms with Crippen LogP contribution in [-0.4, -0.2) is 47.7 Å². The molecule has 1 aliphatic heterocycles. The zero-order valence-corrected chi connectivity index (χ0v) is 11.2. The van der Waals surface area contributed by atoms with Gasteiger partial charge in [0.1, 0.15) is 5.75 Å². The number of carbonyl (C=O) groups is 1. The van der Waals surface area contributed by atoms with E-state index in [1.807, 2.05) is 4.90 Å². The quantitative estimate of drug-likeness (QED) is 0.898. The summed E-state index contributed by atoms with van der Waals surface area (Å²) in [6.45, 7) is 2.27. The standard InChI is InChI=1S/C14H20N2O3/c1-19-6-4-11-3-2-5-16(10-11)14(18)12-7-13(17)9-15-8-12/h7-9,11,17H,2-6,10H2,1H3/t11-/m0/s1. The molecule has 1 amide bonds. The average molecular weight is 264 g/mol. The van der Waals surface area contributed by atoms with E-state index < -0.39 is 0 Å². The van der Waals surface area contributed by atoms with Gasteiger partial charge in [-0.1, -0.05) is 0 Å². The number of pyridine rings is 1. The first-order valence-corrected chi connectivity index (χ1v) is 6.63. The third kappa shape index (κ3) is 3.67. The van der Waals surface area contributed by atoms with E-state index in [0.29, 0.717) is 11.5 Å². The van der Waals surface area contributed by atoms with Gasteiger partial charge in [-0.25, -0.2) is 0 Å². The van der Waals surface area contributed by atoms with Gasteiger partial charge in [-0.15, -0.1) is 0 Å². The Labute approximate surface area is 113 Å². The van der Waals surface area contributed by atoms with Gasteiger partial charge in [0, 0.05) is 33.0 Å². The monoisotopic (exact) mass is 264 g/mol. The highest BCUT2D eigenvalue weighted by molar-refractivity contribution is 5.94. The van der Waals surface area contributed by atoms with E-state index in [2.05, 4.69) is 4.98 Å². The first-order valence-electron chi connectivity index (χ1n) is 6.63. The molecule has 0 spiro atoms. The lowest BCUT2D eigenvalue weighted by Gasteiger charge is -2.32. The summed E-state index contributed by atoms with van der Waals surface area (Å²) < 4.78 is 5.09. The predicted molar refractivity (Wildman–Crippen MR) is 71.0 cm³/mol. The number of carbonyl (C=O) groups excluding carboxylic acids is 1. The molecule has 1 aromatic heterocycles. The Morgan fingerprint density at radius 2 is 2.42 bits per heavy atom. The summed E-state index contributed by atoms with van der Waals surface area (Å²) in [5.74, 6) is 0.479. The first-order chi connectivity index (χ1) is 9.20. The Morgan fingerprint density at radius 1 is 1.58 bits per heavy atom. The van der Waals surface area contributed by atoms with E-state index in [1.165, 1.54) is 18.5 Å². The molecule has 0 saturated carbocycles. The maximum atomic E-state index is 12.3. The minimum atomic E-state index is -0.0504. The van der Waals surface area contributed by atoms with Crippen LogP contribution in [-0.2, 0) is 4.74 Å². The number of likely N-dealkylation sites (tertiary alicyclic amines) is 1. The van der Waals surface area contributed by atoms with Crippen LogP contribution in [0, 0.1) is 5.92 Å². The molecule has 5 heteroatoms. The summed E-state index contributed by atoms with van der Waals surface area (Å²) >= 11 is 0. The fraction of sp³-hybridized carbons (Fsp3) is 0.571. The van der Waals surface area contributed by atoms with Crippen LogP contribution in [0.25, 0.3) is 0 Å². The van der Waals surface area contributed by atoms with Crippen molar-refractivity contribution < 1.29 is 14.6 Å². The molecule has 5 nitrogen and oxygen atoms in total. The van der Waals surface area contributed by atoms with Gasteiger partial charge in [0.25, 0.3) is 5.91 Å². The highest BCUT2D eigenvalue weighted by Gasteiger charge is 2.24. The van der Waals surface area contributed by atoms with Crippen LogP contribution >= 0.6 is 0 Å². The van der Waals surface area contributed by atoms with Crippen LogP contribution in [0.3, 0.4) is 0 Å². The third-order valence-electron chi connectivity index (χ3n) is 3.51. The first kappa shape index (κ1) is 13.8. The van der Waals surface area contributed by atoms with Gasteiger partial charge in [-0.3, -0.25) is 9.78 Å². The summed E-state index contributed by atoms with van der Waals surface area (Å²) in [7, 11) is 1.70. The van der Waals surface area contributed by atoms with Gasteiger partial charge < -0.3 is 14.7 Å². The van der Waals surface area contributed by atoms with Crippen molar-refractivity contribution in [3.05, 3.63) is 24.0 Å². The Hall–Kier alpha value is -1.62. The summed E-state index contributed by atoms with van der Waals surface area (Å²) in [4.78, 5) is 18.0.